The number of carbonyl (C=O) groups is 1. The molecule has 0 heterocycles. The highest BCUT2D eigenvalue weighted by Crippen LogP contribution is 2.20. The number of hydrogen-bond acceptors (Lipinski definition) is 3. The van der Waals surface area contributed by atoms with Gasteiger partial charge in [-0.2, -0.15) is 12.7 Å². The molecule has 0 atom stereocenters. The smallest absolute Gasteiger partial charge is 0.340 e. The molecular weight excluding hydrogens is 287 g/mol. The van der Waals surface area contributed by atoms with E-state index in [1.807, 2.05) is 6.92 Å². The van der Waals surface area contributed by atoms with Gasteiger partial charge in [0.1, 0.15) is 11.4 Å². The second-order valence-electron chi connectivity index (χ2n) is 4.25. The van der Waals surface area contributed by atoms with E-state index >= 15 is 0 Å². The van der Waals surface area contributed by atoms with Crippen LogP contribution in [0, 0.1) is 5.82 Å². The number of carboxylic acids is 1. The molecule has 0 bridgehead atoms. The number of nitrogens with zero attached hydrogens (tertiary/aromatic N) is 1. The molecule has 6 nitrogen and oxygen atoms in total. The Morgan fingerprint density at radius 2 is 2.10 bits per heavy atom. The Morgan fingerprint density at radius 1 is 1.45 bits per heavy atom. The number of aromatic carboxylic acids is 1. The van der Waals surface area contributed by atoms with Gasteiger partial charge < -0.3 is 5.11 Å². The van der Waals surface area contributed by atoms with Gasteiger partial charge in [0.05, 0.1) is 5.69 Å². The molecular formula is C12H17FN2O4S. The normalized spacial score (nSPS) is 11.6. The lowest BCUT2D eigenvalue weighted by atomic mass is 10.2. The van der Waals surface area contributed by atoms with E-state index in [1.165, 1.54) is 19.2 Å². The van der Waals surface area contributed by atoms with Crippen molar-refractivity contribution in [3.8, 4) is 0 Å². The van der Waals surface area contributed by atoms with Crippen molar-refractivity contribution in [1.29, 1.82) is 0 Å². The Hall–Kier alpha value is -1.67. The van der Waals surface area contributed by atoms with Gasteiger partial charge in [-0.25, -0.2) is 9.18 Å². The predicted molar refractivity (Wildman–Crippen MR) is 73.4 cm³/mol. The van der Waals surface area contributed by atoms with Crippen molar-refractivity contribution in [3.05, 3.63) is 29.6 Å². The topological polar surface area (TPSA) is 86.7 Å². The van der Waals surface area contributed by atoms with E-state index in [2.05, 4.69) is 4.72 Å². The van der Waals surface area contributed by atoms with Gasteiger partial charge in [0.15, 0.2) is 0 Å². The largest absolute Gasteiger partial charge is 0.478 e. The number of rotatable bonds is 7. The quantitative estimate of drug-likeness (QED) is 0.805. The van der Waals surface area contributed by atoms with Gasteiger partial charge in [0, 0.05) is 13.6 Å². The lowest BCUT2D eigenvalue weighted by molar-refractivity contribution is 0.0693. The van der Waals surface area contributed by atoms with Crippen molar-refractivity contribution in [2.75, 3.05) is 18.3 Å². The van der Waals surface area contributed by atoms with Crippen LogP contribution in [-0.2, 0) is 10.2 Å². The van der Waals surface area contributed by atoms with Gasteiger partial charge in [-0.1, -0.05) is 19.4 Å². The van der Waals surface area contributed by atoms with Crippen LogP contribution in [0.2, 0.25) is 0 Å². The Labute approximate surface area is 117 Å². The molecule has 0 aliphatic rings. The third-order valence-electron chi connectivity index (χ3n) is 2.70. The number of nitrogens with one attached hydrogen (secondary N) is 1. The third kappa shape index (κ3) is 3.91. The van der Waals surface area contributed by atoms with E-state index in [0.717, 1.165) is 16.8 Å². The van der Waals surface area contributed by atoms with Crippen molar-refractivity contribution in [2.45, 2.75) is 19.8 Å². The van der Waals surface area contributed by atoms with Crippen LogP contribution in [0.1, 0.15) is 30.1 Å². The van der Waals surface area contributed by atoms with Crippen LogP contribution in [0.3, 0.4) is 0 Å². The minimum Gasteiger partial charge on any atom is -0.478 e. The average molecular weight is 304 g/mol. The summed E-state index contributed by atoms with van der Waals surface area (Å²) >= 11 is 0. The molecule has 0 radical (unpaired) electrons. The molecule has 0 spiro atoms. The summed E-state index contributed by atoms with van der Waals surface area (Å²) in [6, 6.07) is 3.41. The monoisotopic (exact) mass is 304 g/mol. The van der Waals surface area contributed by atoms with Gasteiger partial charge in [0.2, 0.25) is 0 Å². The fourth-order valence-electron chi connectivity index (χ4n) is 1.54. The van der Waals surface area contributed by atoms with E-state index < -0.39 is 27.6 Å². The number of carboxylic acid groups (broad SMARTS) is 1. The first-order valence-corrected chi connectivity index (χ1v) is 7.49. The molecule has 0 unspecified atom stereocenters. The third-order valence-corrected chi connectivity index (χ3v) is 4.18. The molecule has 1 aromatic carbocycles. The van der Waals surface area contributed by atoms with Crippen LogP contribution in [0.5, 0.6) is 0 Å². The van der Waals surface area contributed by atoms with Crippen molar-refractivity contribution < 1.29 is 22.7 Å². The van der Waals surface area contributed by atoms with Crippen molar-refractivity contribution in [3.63, 3.8) is 0 Å². The van der Waals surface area contributed by atoms with E-state index in [-0.39, 0.29) is 5.69 Å². The Bertz CT molecular complexity index is 589. The molecule has 0 saturated heterocycles. The molecule has 8 heteroatoms. The SMILES string of the molecule is CCCCN(C)S(=O)(=O)Nc1cccc(F)c1C(=O)O. The highest BCUT2D eigenvalue weighted by molar-refractivity contribution is 7.90. The zero-order chi connectivity index (χ0) is 15.3. The van der Waals surface area contributed by atoms with Crippen LogP contribution in [-0.4, -0.2) is 37.4 Å². The zero-order valence-corrected chi connectivity index (χ0v) is 12.1. The second kappa shape index (κ2) is 6.67. The lowest BCUT2D eigenvalue weighted by Crippen LogP contribution is -2.33. The van der Waals surface area contributed by atoms with E-state index in [0.29, 0.717) is 13.0 Å². The summed E-state index contributed by atoms with van der Waals surface area (Å²) in [5.74, 6) is -2.52. The first-order chi connectivity index (χ1) is 9.29. The van der Waals surface area contributed by atoms with Crippen molar-refractivity contribution >= 4 is 21.9 Å². The van der Waals surface area contributed by atoms with Gasteiger partial charge in [-0.3, -0.25) is 4.72 Å². The van der Waals surface area contributed by atoms with E-state index in [9.17, 15) is 17.6 Å². The molecule has 0 aromatic heterocycles. The average Bonchev–Trinajstić information content (AvgIpc) is 2.34. The molecule has 0 saturated carbocycles. The molecule has 1 rings (SSSR count). The summed E-state index contributed by atoms with van der Waals surface area (Å²) in [4.78, 5) is 11.0. The van der Waals surface area contributed by atoms with Crippen LogP contribution in [0.4, 0.5) is 10.1 Å². The molecule has 0 amide bonds. The molecule has 0 aliphatic carbocycles. The summed E-state index contributed by atoms with van der Waals surface area (Å²) in [5, 5.41) is 8.93. The minimum atomic E-state index is -3.91. The van der Waals surface area contributed by atoms with Gasteiger partial charge in [0.25, 0.3) is 0 Å². The lowest BCUT2D eigenvalue weighted by Gasteiger charge is -2.18. The standard InChI is InChI=1S/C12H17FN2O4S/c1-3-4-8-15(2)20(18,19)14-10-7-5-6-9(13)11(10)12(16)17/h5-7,14H,3-4,8H2,1-2H3,(H,16,17). The highest BCUT2D eigenvalue weighted by Gasteiger charge is 2.22. The molecule has 0 fully saturated rings. The second-order valence-corrected chi connectivity index (χ2v) is 6.03. The van der Waals surface area contributed by atoms with Gasteiger partial charge >= 0.3 is 16.2 Å². The summed E-state index contributed by atoms with van der Waals surface area (Å²) in [5.41, 5.74) is -0.985. The fourth-order valence-corrected chi connectivity index (χ4v) is 2.52. The number of halogens is 1. The van der Waals surface area contributed by atoms with E-state index in [4.69, 9.17) is 5.11 Å². The Balaban J connectivity index is 3.04. The Kier molecular flexibility index (Phi) is 5.46. The maximum Gasteiger partial charge on any atom is 0.340 e. The van der Waals surface area contributed by atoms with Crippen LogP contribution in [0.25, 0.3) is 0 Å². The molecule has 20 heavy (non-hydrogen) atoms. The summed E-state index contributed by atoms with van der Waals surface area (Å²) in [6.07, 6.45) is 1.49. The number of unbranched alkanes of at least 4 members (excludes halogenated alkanes) is 1. The number of anilines is 1. The fraction of sp³-hybridized carbons (Fsp3) is 0.417. The highest BCUT2D eigenvalue weighted by atomic mass is 32.2. The van der Waals surface area contributed by atoms with Gasteiger partial charge in [-0.15, -0.1) is 0 Å². The van der Waals surface area contributed by atoms with Crippen LogP contribution >= 0.6 is 0 Å². The first kappa shape index (κ1) is 16.4. The zero-order valence-electron chi connectivity index (χ0n) is 11.3. The van der Waals surface area contributed by atoms with Gasteiger partial charge in [-0.05, 0) is 18.6 Å². The van der Waals surface area contributed by atoms with Crippen molar-refractivity contribution in [2.24, 2.45) is 0 Å². The van der Waals surface area contributed by atoms with Crippen LogP contribution in [0.15, 0.2) is 18.2 Å². The van der Waals surface area contributed by atoms with Crippen LogP contribution < -0.4 is 4.72 Å². The number of benzene rings is 1. The molecule has 2 N–H and O–H groups in total. The molecule has 112 valence electrons. The molecule has 0 aliphatic heterocycles. The van der Waals surface area contributed by atoms with E-state index in [1.54, 1.807) is 0 Å². The first-order valence-electron chi connectivity index (χ1n) is 6.05. The Morgan fingerprint density at radius 3 is 2.65 bits per heavy atom. The minimum absolute atomic E-state index is 0.291. The van der Waals surface area contributed by atoms with Crippen molar-refractivity contribution in [1.82, 2.24) is 4.31 Å². The maximum absolute atomic E-state index is 13.5. The molecule has 1 aromatic rings. The summed E-state index contributed by atoms with van der Waals surface area (Å²) in [6.45, 7) is 2.21. The summed E-state index contributed by atoms with van der Waals surface area (Å²) < 4.78 is 40.6. The number of hydrogen-bond donors (Lipinski definition) is 2. The maximum atomic E-state index is 13.5. The predicted octanol–water partition coefficient (Wildman–Crippen LogP) is 1.91. The summed E-state index contributed by atoms with van der Waals surface area (Å²) in [7, 11) is -2.53.